The van der Waals surface area contributed by atoms with Crippen LogP contribution in [0.25, 0.3) is 10.9 Å². The van der Waals surface area contributed by atoms with Gasteiger partial charge in [0.1, 0.15) is 0 Å². The lowest BCUT2D eigenvalue weighted by molar-refractivity contribution is 0.0733. The van der Waals surface area contributed by atoms with E-state index < -0.39 is 0 Å². The highest BCUT2D eigenvalue weighted by molar-refractivity contribution is 5.95. The molecule has 1 aliphatic rings. The number of rotatable bonds is 1. The SMILES string of the molecule is CC(C)(C)c1ccc(C(=O)N2CCc3c([nH]c4ccccc34)C2)cc1. The van der Waals surface area contributed by atoms with Gasteiger partial charge >= 0.3 is 0 Å². The molecule has 4 rings (SSSR count). The van der Waals surface area contributed by atoms with Gasteiger partial charge in [0.05, 0.1) is 6.54 Å². The fourth-order valence-electron chi connectivity index (χ4n) is 3.66. The molecule has 3 heteroatoms. The van der Waals surface area contributed by atoms with E-state index in [0.717, 1.165) is 24.0 Å². The number of carbonyl (C=O) groups excluding carboxylic acids is 1. The predicted molar refractivity (Wildman–Crippen MR) is 102 cm³/mol. The first-order valence-electron chi connectivity index (χ1n) is 8.92. The molecule has 0 unspecified atom stereocenters. The second-order valence-electron chi connectivity index (χ2n) is 7.93. The van der Waals surface area contributed by atoms with Gasteiger partial charge < -0.3 is 9.88 Å². The normalized spacial score (nSPS) is 14.6. The van der Waals surface area contributed by atoms with Crippen molar-refractivity contribution in [3.63, 3.8) is 0 Å². The first-order valence-corrected chi connectivity index (χ1v) is 8.92. The number of amides is 1. The molecule has 128 valence electrons. The van der Waals surface area contributed by atoms with E-state index in [1.165, 1.54) is 22.2 Å². The molecule has 0 fully saturated rings. The van der Waals surface area contributed by atoms with Crippen LogP contribution in [0.1, 0.15) is 48.0 Å². The van der Waals surface area contributed by atoms with E-state index in [2.05, 4.69) is 56.1 Å². The zero-order valence-corrected chi connectivity index (χ0v) is 15.1. The number of nitrogens with one attached hydrogen (secondary N) is 1. The van der Waals surface area contributed by atoms with Crippen molar-refractivity contribution in [1.82, 2.24) is 9.88 Å². The molecule has 2 heterocycles. The number of hydrogen-bond acceptors (Lipinski definition) is 1. The summed E-state index contributed by atoms with van der Waals surface area (Å²) in [6.45, 7) is 7.99. The van der Waals surface area contributed by atoms with Gasteiger partial charge in [-0.25, -0.2) is 0 Å². The third-order valence-corrected chi connectivity index (χ3v) is 5.17. The summed E-state index contributed by atoms with van der Waals surface area (Å²) in [6.07, 6.45) is 0.908. The van der Waals surface area contributed by atoms with E-state index in [4.69, 9.17) is 0 Å². The molecular formula is C22H24N2O. The highest BCUT2D eigenvalue weighted by Crippen LogP contribution is 2.28. The van der Waals surface area contributed by atoms with Gasteiger partial charge in [0.25, 0.3) is 5.91 Å². The molecule has 1 N–H and O–H groups in total. The van der Waals surface area contributed by atoms with E-state index in [-0.39, 0.29) is 11.3 Å². The Morgan fingerprint density at radius 2 is 1.76 bits per heavy atom. The highest BCUT2D eigenvalue weighted by Gasteiger charge is 2.25. The van der Waals surface area contributed by atoms with Crippen molar-refractivity contribution in [3.8, 4) is 0 Å². The molecule has 0 saturated heterocycles. The Hall–Kier alpha value is -2.55. The third kappa shape index (κ3) is 2.84. The lowest BCUT2D eigenvalue weighted by atomic mass is 9.86. The van der Waals surface area contributed by atoms with Gasteiger partial charge in [-0.2, -0.15) is 0 Å². The monoisotopic (exact) mass is 332 g/mol. The topological polar surface area (TPSA) is 36.1 Å². The summed E-state index contributed by atoms with van der Waals surface area (Å²) < 4.78 is 0. The minimum atomic E-state index is 0.103. The fraction of sp³-hybridized carbons (Fsp3) is 0.318. The lowest BCUT2D eigenvalue weighted by Crippen LogP contribution is -2.35. The second kappa shape index (κ2) is 5.76. The molecule has 0 bridgehead atoms. The van der Waals surface area contributed by atoms with Crippen LogP contribution in [0.3, 0.4) is 0 Å². The van der Waals surface area contributed by atoms with Crippen molar-refractivity contribution in [2.75, 3.05) is 6.54 Å². The van der Waals surface area contributed by atoms with Crippen LogP contribution < -0.4 is 0 Å². The molecule has 1 amide bonds. The number of aromatic amines is 1. The summed E-state index contributed by atoms with van der Waals surface area (Å²) in [4.78, 5) is 18.3. The summed E-state index contributed by atoms with van der Waals surface area (Å²) in [5, 5.41) is 1.29. The van der Waals surface area contributed by atoms with Crippen molar-refractivity contribution in [2.45, 2.75) is 39.2 Å². The number of para-hydroxylation sites is 1. The largest absolute Gasteiger partial charge is 0.357 e. The van der Waals surface area contributed by atoms with Gasteiger partial charge in [0.15, 0.2) is 0 Å². The van der Waals surface area contributed by atoms with Gasteiger partial charge in [0, 0.05) is 28.7 Å². The Morgan fingerprint density at radius 3 is 2.48 bits per heavy atom. The summed E-state index contributed by atoms with van der Waals surface area (Å²) in [7, 11) is 0. The Bertz CT molecular complexity index is 929. The molecule has 3 aromatic rings. The number of nitrogens with zero attached hydrogens (tertiary/aromatic N) is 1. The van der Waals surface area contributed by atoms with Crippen LogP contribution in [-0.2, 0) is 18.4 Å². The number of H-pyrrole nitrogens is 1. The number of aromatic nitrogens is 1. The van der Waals surface area contributed by atoms with Crippen molar-refractivity contribution < 1.29 is 4.79 Å². The van der Waals surface area contributed by atoms with Crippen LogP contribution in [0.4, 0.5) is 0 Å². The molecular weight excluding hydrogens is 308 g/mol. The standard InChI is InChI=1S/C22H24N2O/c1-22(2,3)16-10-8-15(9-11-16)21(25)24-13-12-18-17-6-4-5-7-19(17)23-20(18)14-24/h4-11,23H,12-14H2,1-3H3. The maximum atomic E-state index is 12.9. The fourth-order valence-corrected chi connectivity index (χ4v) is 3.66. The van der Waals surface area contributed by atoms with Crippen LogP contribution in [-0.4, -0.2) is 22.3 Å². The van der Waals surface area contributed by atoms with Crippen LogP contribution in [0.5, 0.6) is 0 Å². The van der Waals surface area contributed by atoms with Crippen molar-refractivity contribution in [1.29, 1.82) is 0 Å². The minimum absolute atomic E-state index is 0.103. The molecule has 0 spiro atoms. The first kappa shape index (κ1) is 15.9. The Morgan fingerprint density at radius 1 is 1.04 bits per heavy atom. The molecule has 0 saturated carbocycles. The van der Waals surface area contributed by atoms with Crippen LogP contribution in [0.15, 0.2) is 48.5 Å². The van der Waals surface area contributed by atoms with E-state index in [1.54, 1.807) is 0 Å². The summed E-state index contributed by atoms with van der Waals surface area (Å²) >= 11 is 0. The molecule has 0 atom stereocenters. The third-order valence-electron chi connectivity index (χ3n) is 5.17. The zero-order valence-electron chi connectivity index (χ0n) is 15.1. The Kier molecular flexibility index (Phi) is 3.68. The number of benzene rings is 2. The summed E-state index contributed by atoms with van der Waals surface area (Å²) in [5.74, 6) is 0.116. The maximum absolute atomic E-state index is 12.9. The van der Waals surface area contributed by atoms with Gasteiger partial charge in [-0.15, -0.1) is 0 Å². The second-order valence-corrected chi connectivity index (χ2v) is 7.93. The average molecular weight is 332 g/mol. The van der Waals surface area contributed by atoms with E-state index in [0.29, 0.717) is 6.54 Å². The molecule has 0 aliphatic carbocycles. The highest BCUT2D eigenvalue weighted by atomic mass is 16.2. The van der Waals surface area contributed by atoms with Gasteiger partial charge in [-0.1, -0.05) is 51.1 Å². The number of carbonyl (C=O) groups is 1. The Labute approximate surface area is 148 Å². The maximum Gasteiger partial charge on any atom is 0.254 e. The van der Waals surface area contributed by atoms with Crippen molar-refractivity contribution in [3.05, 3.63) is 70.9 Å². The Balaban J connectivity index is 1.58. The smallest absolute Gasteiger partial charge is 0.254 e. The van der Waals surface area contributed by atoms with Crippen LogP contribution in [0.2, 0.25) is 0 Å². The van der Waals surface area contributed by atoms with Crippen molar-refractivity contribution in [2.24, 2.45) is 0 Å². The van der Waals surface area contributed by atoms with E-state index in [1.807, 2.05) is 23.1 Å². The predicted octanol–water partition coefficient (Wildman–Crippen LogP) is 4.66. The number of fused-ring (bicyclic) bond motifs is 3. The van der Waals surface area contributed by atoms with E-state index >= 15 is 0 Å². The molecule has 25 heavy (non-hydrogen) atoms. The van der Waals surface area contributed by atoms with Crippen LogP contribution >= 0.6 is 0 Å². The molecule has 1 aliphatic heterocycles. The number of hydrogen-bond donors (Lipinski definition) is 1. The quantitative estimate of drug-likeness (QED) is 0.691. The van der Waals surface area contributed by atoms with Gasteiger partial charge in [-0.3, -0.25) is 4.79 Å². The van der Waals surface area contributed by atoms with Crippen LogP contribution in [0, 0.1) is 0 Å². The van der Waals surface area contributed by atoms with Gasteiger partial charge in [-0.05, 0) is 41.2 Å². The molecule has 0 radical (unpaired) electrons. The van der Waals surface area contributed by atoms with Crippen molar-refractivity contribution >= 4 is 16.8 Å². The average Bonchev–Trinajstić information content (AvgIpc) is 2.98. The summed E-state index contributed by atoms with van der Waals surface area (Å²) in [6, 6.07) is 16.5. The van der Waals surface area contributed by atoms with E-state index in [9.17, 15) is 4.79 Å². The lowest BCUT2D eigenvalue weighted by Gasteiger charge is -2.27. The first-order chi connectivity index (χ1) is 11.9. The summed E-state index contributed by atoms with van der Waals surface area (Å²) in [5.41, 5.74) is 5.82. The zero-order chi connectivity index (χ0) is 17.6. The van der Waals surface area contributed by atoms with Gasteiger partial charge in [0.2, 0.25) is 0 Å². The minimum Gasteiger partial charge on any atom is -0.357 e. The molecule has 1 aromatic heterocycles. The molecule has 3 nitrogen and oxygen atoms in total. The molecule has 2 aromatic carbocycles.